The van der Waals surface area contributed by atoms with Gasteiger partial charge in [0.15, 0.2) is 0 Å². The van der Waals surface area contributed by atoms with E-state index in [1.807, 2.05) is 0 Å². The minimum atomic E-state index is -4.41. The standard InChI is InChI=1S/C25H30F3N5O4/c1-24(2,3)37-23(35)32-13-19(31-22-29-11-18(12-30-22)33-10-4-5-21(33)34)20(14-32)36-15-16-6-8-17(9-7-16)25(26,27)28/h6-9,11-12,19-20H,4-5,10,13-15H2,1-3H3,(H,29,30,31). The molecule has 1 aromatic heterocycles. The summed E-state index contributed by atoms with van der Waals surface area (Å²) < 4.78 is 50.1. The lowest BCUT2D eigenvalue weighted by Gasteiger charge is -2.24. The number of amides is 2. The molecule has 12 heteroatoms. The highest BCUT2D eigenvalue weighted by molar-refractivity contribution is 5.95. The van der Waals surface area contributed by atoms with Crippen molar-refractivity contribution in [2.24, 2.45) is 0 Å². The first-order valence-electron chi connectivity index (χ1n) is 12.0. The summed E-state index contributed by atoms with van der Waals surface area (Å²) in [5.41, 5.74) is -0.224. The third-order valence-corrected chi connectivity index (χ3v) is 6.00. The van der Waals surface area contributed by atoms with Crippen LogP contribution in [0.4, 0.5) is 29.6 Å². The maximum absolute atomic E-state index is 12.9. The Balaban J connectivity index is 1.44. The van der Waals surface area contributed by atoms with Crippen molar-refractivity contribution in [3.05, 3.63) is 47.8 Å². The quantitative estimate of drug-likeness (QED) is 0.608. The zero-order valence-corrected chi connectivity index (χ0v) is 20.9. The van der Waals surface area contributed by atoms with Gasteiger partial charge in [0.1, 0.15) is 5.60 Å². The Labute approximate surface area is 213 Å². The summed E-state index contributed by atoms with van der Waals surface area (Å²) in [4.78, 5) is 36.4. The predicted octanol–water partition coefficient (Wildman–Crippen LogP) is 4.24. The van der Waals surface area contributed by atoms with Gasteiger partial charge >= 0.3 is 12.3 Å². The van der Waals surface area contributed by atoms with Crippen molar-refractivity contribution in [2.45, 2.75) is 64.1 Å². The first kappa shape index (κ1) is 26.6. The average Bonchev–Trinajstić information content (AvgIpc) is 3.43. The summed E-state index contributed by atoms with van der Waals surface area (Å²) >= 11 is 0. The molecule has 0 radical (unpaired) electrons. The summed E-state index contributed by atoms with van der Waals surface area (Å²) in [6, 6.07) is 4.36. The van der Waals surface area contributed by atoms with Crippen LogP contribution in [0, 0.1) is 0 Å². The maximum Gasteiger partial charge on any atom is 0.416 e. The van der Waals surface area contributed by atoms with Crippen LogP contribution in [0.15, 0.2) is 36.7 Å². The number of halogens is 3. The number of alkyl halides is 3. The topological polar surface area (TPSA) is 96.9 Å². The second-order valence-electron chi connectivity index (χ2n) is 10.1. The highest BCUT2D eigenvalue weighted by Gasteiger charge is 2.38. The van der Waals surface area contributed by atoms with Gasteiger partial charge < -0.3 is 24.6 Å². The van der Waals surface area contributed by atoms with Crippen LogP contribution < -0.4 is 10.2 Å². The molecule has 2 unspecified atom stereocenters. The minimum Gasteiger partial charge on any atom is -0.444 e. The van der Waals surface area contributed by atoms with Gasteiger partial charge in [-0.2, -0.15) is 13.2 Å². The van der Waals surface area contributed by atoms with Gasteiger partial charge in [0.05, 0.1) is 48.9 Å². The van der Waals surface area contributed by atoms with E-state index in [2.05, 4.69) is 15.3 Å². The van der Waals surface area contributed by atoms with Gasteiger partial charge in [0.2, 0.25) is 11.9 Å². The number of hydrogen-bond acceptors (Lipinski definition) is 7. The smallest absolute Gasteiger partial charge is 0.416 e. The molecule has 3 heterocycles. The van der Waals surface area contributed by atoms with Crippen molar-refractivity contribution in [2.75, 3.05) is 29.9 Å². The fraction of sp³-hybridized carbons (Fsp3) is 0.520. The van der Waals surface area contributed by atoms with Crippen LogP contribution >= 0.6 is 0 Å². The first-order chi connectivity index (χ1) is 17.4. The molecule has 200 valence electrons. The number of ether oxygens (including phenoxy) is 2. The van der Waals surface area contributed by atoms with Gasteiger partial charge in [-0.1, -0.05) is 12.1 Å². The Morgan fingerprint density at radius 3 is 2.35 bits per heavy atom. The summed E-state index contributed by atoms with van der Waals surface area (Å²) in [5, 5.41) is 3.18. The molecule has 2 fully saturated rings. The molecule has 2 saturated heterocycles. The number of likely N-dealkylation sites (tertiary alicyclic amines) is 1. The molecule has 2 atom stereocenters. The SMILES string of the molecule is CC(C)(C)OC(=O)N1CC(Nc2ncc(N3CCCC3=O)cn2)C(OCc2ccc(C(F)(F)F)cc2)C1. The van der Waals surface area contributed by atoms with Crippen molar-refractivity contribution in [3.63, 3.8) is 0 Å². The highest BCUT2D eigenvalue weighted by Crippen LogP contribution is 2.29. The molecule has 2 aliphatic rings. The largest absolute Gasteiger partial charge is 0.444 e. The number of benzene rings is 1. The van der Waals surface area contributed by atoms with Crippen molar-refractivity contribution in [3.8, 4) is 0 Å². The molecule has 0 bridgehead atoms. The number of nitrogens with one attached hydrogen (secondary N) is 1. The van der Waals surface area contributed by atoms with Crippen molar-refractivity contribution < 1.29 is 32.2 Å². The molecule has 0 saturated carbocycles. The lowest BCUT2D eigenvalue weighted by atomic mass is 10.1. The zero-order chi connectivity index (χ0) is 26.8. The van der Waals surface area contributed by atoms with E-state index < -0.39 is 35.6 Å². The van der Waals surface area contributed by atoms with Crippen LogP contribution in [0.25, 0.3) is 0 Å². The lowest BCUT2D eigenvalue weighted by molar-refractivity contribution is -0.137. The number of hydrogen-bond donors (Lipinski definition) is 1. The van der Waals surface area contributed by atoms with E-state index in [0.717, 1.165) is 18.6 Å². The van der Waals surface area contributed by atoms with Crippen LogP contribution in [0.1, 0.15) is 44.7 Å². The molecule has 1 N–H and O–H groups in total. The van der Waals surface area contributed by atoms with E-state index in [4.69, 9.17) is 9.47 Å². The minimum absolute atomic E-state index is 0.0323. The fourth-order valence-electron chi connectivity index (χ4n) is 4.17. The number of nitrogens with zero attached hydrogens (tertiary/aromatic N) is 4. The van der Waals surface area contributed by atoms with Gasteiger partial charge in [-0.3, -0.25) is 4.79 Å². The monoisotopic (exact) mass is 521 g/mol. The van der Waals surface area contributed by atoms with Crippen LogP contribution in [0.2, 0.25) is 0 Å². The summed E-state index contributed by atoms with van der Waals surface area (Å²) in [7, 11) is 0. The van der Waals surface area contributed by atoms with Crippen molar-refractivity contribution in [1.29, 1.82) is 0 Å². The van der Waals surface area contributed by atoms with Crippen molar-refractivity contribution in [1.82, 2.24) is 14.9 Å². The highest BCUT2D eigenvalue weighted by atomic mass is 19.4. The van der Waals surface area contributed by atoms with Gasteiger partial charge in [0.25, 0.3) is 0 Å². The molecule has 1 aromatic carbocycles. The van der Waals surface area contributed by atoms with E-state index in [1.165, 1.54) is 17.0 Å². The van der Waals surface area contributed by atoms with Crippen LogP contribution in [0.5, 0.6) is 0 Å². The van der Waals surface area contributed by atoms with E-state index in [1.54, 1.807) is 38.1 Å². The fourth-order valence-corrected chi connectivity index (χ4v) is 4.17. The predicted molar refractivity (Wildman–Crippen MR) is 129 cm³/mol. The number of aromatic nitrogens is 2. The second-order valence-corrected chi connectivity index (χ2v) is 10.1. The van der Waals surface area contributed by atoms with E-state index in [9.17, 15) is 22.8 Å². The Hall–Kier alpha value is -3.41. The first-order valence-corrected chi connectivity index (χ1v) is 12.0. The zero-order valence-electron chi connectivity index (χ0n) is 20.9. The Bertz CT molecular complexity index is 1100. The Morgan fingerprint density at radius 1 is 1.11 bits per heavy atom. The summed E-state index contributed by atoms with van der Waals surface area (Å²) in [5.74, 6) is 0.333. The molecule has 37 heavy (non-hydrogen) atoms. The summed E-state index contributed by atoms with van der Waals surface area (Å²) in [6.07, 6.45) is -0.985. The Kier molecular flexibility index (Phi) is 7.58. The molecule has 2 amide bonds. The average molecular weight is 522 g/mol. The van der Waals surface area contributed by atoms with E-state index >= 15 is 0 Å². The molecule has 2 aliphatic heterocycles. The number of carbonyl (C=O) groups is 2. The van der Waals surface area contributed by atoms with Gasteiger partial charge in [-0.05, 0) is 44.9 Å². The van der Waals surface area contributed by atoms with E-state index in [-0.39, 0.29) is 25.6 Å². The van der Waals surface area contributed by atoms with Crippen LogP contribution in [-0.4, -0.2) is 64.2 Å². The van der Waals surface area contributed by atoms with Gasteiger partial charge in [-0.25, -0.2) is 14.8 Å². The number of carbonyl (C=O) groups excluding carboxylic acids is 2. The molecule has 9 nitrogen and oxygen atoms in total. The molecule has 2 aromatic rings. The molecule has 0 spiro atoms. The third kappa shape index (κ3) is 6.88. The molecular formula is C25H30F3N5O4. The van der Waals surface area contributed by atoms with E-state index in [0.29, 0.717) is 30.2 Å². The number of anilines is 2. The van der Waals surface area contributed by atoms with Gasteiger partial charge in [-0.15, -0.1) is 0 Å². The molecule has 4 rings (SSSR count). The molecule has 0 aliphatic carbocycles. The maximum atomic E-state index is 12.9. The second kappa shape index (κ2) is 10.5. The molecular weight excluding hydrogens is 491 g/mol. The van der Waals surface area contributed by atoms with Gasteiger partial charge in [0, 0.05) is 19.5 Å². The van der Waals surface area contributed by atoms with Crippen molar-refractivity contribution >= 4 is 23.6 Å². The normalized spacial score (nSPS) is 20.4. The van der Waals surface area contributed by atoms with Crippen LogP contribution in [-0.2, 0) is 27.1 Å². The Morgan fingerprint density at radius 2 is 1.78 bits per heavy atom. The third-order valence-electron chi connectivity index (χ3n) is 6.00. The summed E-state index contributed by atoms with van der Waals surface area (Å²) in [6.45, 7) is 6.47. The lowest BCUT2D eigenvalue weighted by Crippen LogP contribution is -2.36. The number of rotatable bonds is 6. The van der Waals surface area contributed by atoms with Crippen LogP contribution in [0.3, 0.4) is 0 Å².